The van der Waals surface area contributed by atoms with Crippen LogP contribution in [0.1, 0.15) is 57.6 Å². The van der Waals surface area contributed by atoms with Crippen molar-refractivity contribution in [2.75, 3.05) is 24.5 Å². The predicted molar refractivity (Wildman–Crippen MR) is 93.0 cm³/mol. The predicted octanol–water partition coefficient (Wildman–Crippen LogP) is 4.51. The van der Waals surface area contributed by atoms with E-state index in [0.29, 0.717) is 5.41 Å². The fraction of sp³-hybridized carbons (Fsp3) is 0.684. The van der Waals surface area contributed by atoms with Crippen LogP contribution in [0.3, 0.4) is 0 Å². The second kappa shape index (κ2) is 7.31. The molecular formula is C19H32N2. The molecule has 1 fully saturated rings. The molecule has 1 aromatic rings. The Morgan fingerprint density at radius 3 is 2.71 bits per heavy atom. The van der Waals surface area contributed by atoms with Gasteiger partial charge in [-0.25, -0.2) is 0 Å². The highest BCUT2D eigenvalue weighted by Crippen LogP contribution is 2.32. The third-order valence-electron chi connectivity index (χ3n) is 4.77. The second-order valence-corrected chi connectivity index (χ2v) is 7.29. The third-order valence-corrected chi connectivity index (χ3v) is 4.77. The van der Waals surface area contributed by atoms with Crippen LogP contribution >= 0.6 is 0 Å². The molecule has 1 N–H and O–H groups in total. The molecule has 2 heteroatoms. The number of anilines is 1. The lowest BCUT2D eigenvalue weighted by molar-refractivity contribution is 0.325. The van der Waals surface area contributed by atoms with Gasteiger partial charge in [0.2, 0.25) is 0 Å². The van der Waals surface area contributed by atoms with E-state index in [4.69, 9.17) is 0 Å². The number of rotatable bonds is 5. The molecule has 21 heavy (non-hydrogen) atoms. The molecule has 0 spiro atoms. The molecule has 1 heterocycles. The van der Waals surface area contributed by atoms with Gasteiger partial charge in [-0.3, -0.25) is 0 Å². The van der Waals surface area contributed by atoms with Gasteiger partial charge in [0, 0.05) is 25.3 Å². The van der Waals surface area contributed by atoms with Gasteiger partial charge in [-0.1, -0.05) is 26.8 Å². The largest absolute Gasteiger partial charge is 0.372 e. The average molecular weight is 288 g/mol. The summed E-state index contributed by atoms with van der Waals surface area (Å²) in [6.45, 7) is 13.8. The summed E-state index contributed by atoms with van der Waals surface area (Å²) in [5, 5.41) is 3.50. The summed E-state index contributed by atoms with van der Waals surface area (Å²) < 4.78 is 0. The zero-order valence-electron chi connectivity index (χ0n) is 14.3. The summed E-state index contributed by atoms with van der Waals surface area (Å²) in [4.78, 5) is 2.57. The van der Waals surface area contributed by atoms with Crippen LogP contribution in [-0.2, 0) is 6.54 Å². The van der Waals surface area contributed by atoms with E-state index in [0.717, 1.165) is 13.1 Å². The van der Waals surface area contributed by atoms with E-state index >= 15 is 0 Å². The second-order valence-electron chi connectivity index (χ2n) is 7.29. The van der Waals surface area contributed by atoms with Gasteiger partial charge in [-0.15, -0.1) is 0 Å². The lowest BCUT2D eigenvalue weighted by Gasteiger charge is -2.25. The van der Waals surface area contributed by atoms with Crippen LogP contribution < -0.4 is 10.2 Å². The lowest BCUT2D eigenvalue weighted by atomic mass is 9.85. The Labute approximate surface area is 130 Å². The highest BCUT2D eigenvalue weighted by Gasteiger charge is 2.23. The maximum atomic E-state index is 3.50. The van der Waals surface area contributed by atoms with Crippen LogP contribution in [0.4, 0.5) is 5.69 Å². The number of benzene rings is 1. The van der Waals surface area contributed by atoms with Crippen LogP contribution in [0, 0.1) is 12.3 Å². The normalized spacial score (nSPS) is 18.6. The molecule has 0 aromatic heterocycles. The first-order valence-corrected chi connectivity index (χ1v) is 8.57. The molecule has 0 aliphatic carbocycles. The van der Waals surface area contributed by atoms with Crippen LogP contribution in [0.5, 0.6) is 0 Å². The number of nitrogens with one attached hydrogen (secondary N) is 1. The van der Waals surface area contributed by atoms with Crippen molar-refractivity contribution in [1.29, 1.82) is 0 Å². The first-order valence-electron chi connectivity index (χ1n) is 8.57. The van der Waals surface area contributed by atoms with Crippen molar-refractivity contribution in [2.24, 2.45) is 5.41 Å². The van der Waals surface area contributed by atoms with Gasteiger partial charge < -0.3 is 10.2 Å². The molecule has 0 amide bonds. The Morgan fingerprint density at radius 1 is 1.19 bits per heavy atom. The van der Waals surface area contributed by atoms with E-state index < -0.39 is 0 Å². The molecular weight excluding hydrogens is 256 g/mol. The molecule has 0 unspecified atom stereocenters. The molecule has 118 valence electrons. The highest BCUT2D eigenvalue weighted by molar-refractivity contribution is 5.51. The SMILES string of the molecule is CCCNCc1ccc(N2CCCC(C)(C)CC2)cc1C. The van der Waals surface area contributed by atoms with Gasteiger partial charge >= 0.3 is 0 Å². The van der Waals surface area contributed by atoms with E-state index in [1.807, 2.05) is 0 Å². The van der Waals surface area contributed by atoms with Gasteiger partial charge in [0.15, 0.2) is 0 Å². The molecule has 1 aromatic carbocycles. The zero-order valence-corrected chi connectivity index (χ0v) is 14.3. The first-order chi connectivity index (χ1) is 10.0. The van der Waals surface area contributed by atoms with E-state index in [-0.39, 0.29) is 0 Å². The van der Waals surface area contributed by atoms with Crippen LogP contribution in [0.25, 0.3) is 0 Å². The molecule has 0 saturated carbocycles. The molecule has 0 bridgehead atoms. The molecule has 2 rings (SSSR count). The topological polar surface area (TPSA) is 15.3 Å². The maximum Gasteiger partial charge on any atom is 0.0369 e. The Hall–Kier alpha value is -1.02. The number of aryl methyl sites for hydroxylation is 1. The first kappa shape index (κ1) is 16.4. The van der Waals surface area contributed by atoms with Crippen molar-refractivity contribution in [1.82, 2.24) is 5.32 Å². The summed E-state index contributed by atoms with van der Waals surface area (Å²) in [5.74, 6) is 0. The number of nitrogens with zero attached hydrogens (tertiary/aromatic N) is 1. The molecule has 0 radical (unpaired) electrons. The standard InChI is InChI=1S/C19H32N2/c1-5-11-20-15-17-7-8-18(14-16(17)2)21-12-6-9-19(3,4)10-13-21/h7-8,14,20H,5-6,9-13,15H2,1-4H3. The van der Waals surface area contributed by atoms with Gasteiger partial charge in [0.05, 0.1) is 0 Å². The monoisotopic (exact) mass is 288 g/mol. The molecule has 0 atom stereocenters. The zero-order chi connectivity index (χ0) is 15.3. The van der Waals surface area contributed by atoms with E-state index in [1.54, 1.807) is 0 Å². The van der Waals surface area contributed by atoms with E-state index in [9.17, 15) is 0 Å². The minimum absolute atomic E-state index is 0.508. The molecule has 2 nitrogen and oxygen atoms in total. The number of hydrogen-bond donors (Lipinski definition) is 1. The van der Waals surface area contributed by atoms with E-state index in [1.165, 1.54) is 55.6 Å². The van der Waals surface area contributed by atoms with Gasteiger partial charge in [-0.2, -0.15) is 0 Å². The minimum atomic E-state index is 0.508. The summed E-state index contributed by atoms with van der Waals surface area (Å²) in [6.07, 6.45) is 5.15. The number of hydrogen-bond acceptors (Lipinski definition) is 2. The van der Waals surface area contributed by atoms with Crippen molar-refractivity contribution < 1.29 is 0 Å². The van der Waals surface area contributed by atoms with Gasteiger partial charge in [0.25, 0.3) is 0 Å². The highest BCUT2D eigenvalue weighted by atomic mass is 15.1. The maximum absolute atomic E-state index is 3.50. The van der Waals surface area contributed by atoms with Crippen molar-refractivity contribution in [3.05, 3.63) is 29.3 Å². The fourth-order valence-electron chi connectivity index (χ4n) is 3.16. The van der Waals surface area contributed by atoms with Crippen molar-refractivity contribution in [2.45, 2.75) is 59.9 Å². The average Bonchev–Trinajstić information content (AvgIpc) is 2.62. The molecule has 1 aliphatic rings. The molecule has 1 saturated heterocycles. The lowest BCUT2D eigenvalue weighted by Crippen LogP contribution is -2.25. The quantitative estimate of drug-likeness (QED) is 0.802. The van der Waals surface area contributed by atoms with Gasteiger partial charge in [0.1, 0.15) is 0 Å². The summed E-state index contributed by atoms with van der Waals surface area (Å²) >= 11 is 0. The fourth-order valence-corrected chi connectivity index (χ4v) is 3.16. The Bertz CT molecular complexity index is 451. The summed E-state index contributed by atoms with van der Waals surface area (Å²) in [6, 6.07) is 7.00. The molecule has 1 aliphatic heterocycles. The third kappa shape index (κ3) is 4.74. The smallest absolute Gasteiger partial charge is 0.0369 e. The Morgan fingerprint density at radius 2 is 2.00 bits per heavy atom. The Balaban J connectivity index is 2.02. The minimum Gasteiger partial charge on any atom is -0.372 e. The Kier molecular flexibility index (Phi) is 5.69. The van der Waals surface area contributed by atoms with Crippen LogP contribution in [0.15, 0.2) is 18.2 Å². The van der Waals surface area contributed by atoms with Gasteiger partial charge in [-0.05, 0) is 67.8 Å². The van der Waals surface area contributed by atoms with Crippen molar-refractivity contribution in [3.63, 3.8) is 0 Å². The van der Waals surface area contributed by atoms with Crippen molar-refractivity contribution in [3.8, 4) is 0 Å². The van der Waals surface area contributed by atoms with Crippen LogP contribution in [-0.4, -0.2) is 19.6 Å². The summed E-state index contributed by atoms with van der Waals surface area (Å²) in [5.41, 5.74) is 4.76. The van der Waals surface area contributed by atoms with E-state index in [2.05, 4.69) is 56.1 Å². The summed E-state index contributed by atoms with van der Waals surface area (Å²) in [7, 11) is 0. The van der Waals surface area contributed by atoms with Crippen LogP contribution in [0.2, 0.25) is 0 Å². The van der Waals surface area contributed by atoms with Crippen molar-refractivity contribution >= 4 is 5.69 Å².